The van der Waals surface area contributed by atoms with E-state index in [4.69, 9.17) is 4.74 Å². The molecule has 4 nitrogen and oxygen atoms in total. The van der Waals surface area contributed by atoms with Gasteiger partial charge >= 0.3 is 0 Å². The first-order chi connectivity index (χ1) is 10.7. The lowest BCUT2D eigenvalue weighted by Gasteiger charge is -2.30. The Labute approximate surface area is 135 Å². The summed E-state index contributed by atoms with van der Waals surface area (Å²) < 4.78 is 5.14. The zero-order chi connectivity index (χ0) is 15.5. The van der Waals surface area contributed by atoms with E-state index in [1.807, 2.05) is 30.3 Å². The Balaban J connectivity index is 1.69. The normalized spacial score (nSPS) is 21.4. The summed E-state index contributed by atoms with van der Waals surface area (Å²) in [5, 5.41) is 0.858. The first kappa shape index (κ1) is 15.2. The molecule has 2 aliphatic rings. The monoisotopic (exact) mass is 316 g/mol. The molecule has 0 bridgehead atoms. The summed E-state index contributed by atoms with van der Waals surface area (Å²) in [7, 11) is 1.64. The molecular weight excluding hydrogens is 296 g/mol. The van der Waals surface area contributed by atoms with Crippen LogP contribution in [-0.4, -0.2) is 36.2 Å². The van der Waals surface area contributed by atoms with E-state index < -0.39 is 0 Å². The molecular formula is C17H20N2O2S. The molecule has 1 amide bonds. The molecule has 116 valence electrons. The van der Waals surface area contributed by atoms with Crippen molar-refractivity contribution in [1.29, 1.82) is 0 Å². The third kappa shape index (κ3) is 3.35. The lowest BCUT2D eigenvalue weighted by molar-refractivity contribution is -0.113. The number of thioether (sulfide) groups is 1. The van der Waals surface area contributed by atoms with Crippen molar-refractivity contribution in [2.45, 2.75) is 19.8 Å². The molecule has 1 fully saturated rings. The third-order valence-electron chi connectivity index (χ3n) is 4.08. The molecule has 2 aliphatic heterocycles. The van der Waals surface area contributed by atoms with E-state index in [1.54, 1.807) is 7.11 Å². The van der Waals surface area contributed by atoms with Gasteiger partial charge in [-0.05, 0) is 54.3 Å². The molecule has 0 radical (unpaired) electrons. The quantitative estimate of drug-likeness (QED) is 0.784. The lowest BCUT2D eigenvalue weighted by Crippen LogP contribution is -2.35. The Kier molecular flexibility index (Phi) is 4.52. The Morgan fingerprint density at radius 1 is 1.27 bits per heavy atom. The van der Waals surface area contributed by atoms with Crippen LogP contribution in [0.4, 0.5) is 0 Å². The van der Waals surface area contributed by atoms with Crippen LogP contribution in [0.5, 0.6) is 5.75 Å². The summed E-state index contributed by atoms with van der Waals surface area (Å²) in [4.78, 5) is 19.2. The number of likely N-dealkylation sites (tertiary alicyclic amines) is 1. The van der Waals surface area contributed by atoms with Gasteiger partial charge in [0.05, 0.1) is 12.0 Å². The fraction of sp³-hybridized carbons (Fsp3) is 0.412. The van der Waals surface area contributed by atoms with Crippen LogP contribution >= 0.6 is 11.8 Å². The van der Waals surface area contributed by atoms with Crippen molar-refractivity contribution in [2.24, 2.45) is 10.9 Å². The summed E-state index contributed by atoms with van der Waals surface area (Å²) in [6.07, 6.45) is 4.24. The number of hydrogen-bond acceptors (Lipinski definition) is 4. The van der Waals surface area contributed by atoms with Gasteiger partial charge < -0.3 is 9.64 Å². The van der Waals surface area contributed by atoms with E-state index in [9.17, 15) is 4.79 Å². The predicted octanol–water partition coefficient (Wildman–Crippen LogP) is 3.40. The number of piperidine rings is 1. The van der Waals surface area contributed by atoms with Crippen LogP contribution in [0.25, 0.3) is 6.08 Å². The van der Waals surface area contributed by atoms with Crippen molar-refractivity contribution in [3.8, 4) is 5.75 Å². The highest BCUT2D eigenvalue weighted by molar-refractivity contribution is 8.18. The van der Waals surface area contributed by atoms with Gasteiger partial charge in [-0.2, -0.15) is 4.99 Å². The topological polar surface area (TPSA) is 41.9 Å². The maximum Gasteiger partial charge on any atom is 0.286 e. The number of ether oxygens (including phenoxy) is 1. The van der Waals surface area contributed by atoms with Gasteiger partial charge in [0.15, 0.2) is 5.17 Å². The van der Waals surface area contributed by atoms with E-state index in [-0.39, 0.29) is 5.91 Å². The summed E-state index contributed by atoms with van der Waals surface area (Å²) in [6, 6.07) is 7.68. The van der Waals surface area contributed by atoms with Gasteiger partial charge in [-0.3, -0.25) is 4.79 Å². The first-order valence-electron chi connectivity index (χ1n) is 7.57. The number of carbonyl (C=O) groups excluding carboxylic acids is 1. The molecule has 2 heterocycles. The SMILES string of the molecule is COc1ccc(/C=C2/SC(N3CCC(C)CC3)=NC2=O)cc1. The molecule has 0 aliphatic carbocycles. The van der Waals surface area contributed by atoms with Crippen molar-refractivity contribution in [3.05, 3.63) is 34.7 Å². The number of methoxy groups -OCH3 is 1. The van der Waals surface area contributed by atoms with Crippen LogP contribution in [0.2, 0.25) is 0 Å². The van der Waals surface area contributed by atoms with Gasteiger partial charge in [-0.25, -0.2) is 0 Å². The Hall–Kier alpha value is -1.75. The zero-order valence-corrected chi connectivity index (χ0v) is 13.7. The average Bonchev–Trinajstić information content (AvgIpc) is 2.90. The number of benzene rings is 1. The fourth-order valence-electron chi connectivity index (χ4n) is 2.58. The summed E-state index contributed by atoms with van der Waals surface area (Å²) in [5.74, 6) is 1.45. The van der Waals surface area contributed by atoms with E-state index in [1.165, 1.54) is 24.6 Å². The molecule has 0 unspecified atom stereocenters. The predicted molar refractivity (Wildman–Crippen MR) is 91.0 cm³/mol. The van der Waals surface area contributed by atoms with Crippen LogP contribution in [0, 0.1) is 5.92 Å². The number of rotatable bonds is 2. The molecule has 1 aromatic rings. The summed E-state index contributed by atoms with van der Waals surface area (Å²) >= 11 is 1.49. The molecule has 0 saturated carbocycles. The summed E-state index contributed by atoms with van der Waals surface area (Å²) in [6.45, 7) is 4.27. The molecule has 0 aromatic heterocycles. The van der Waals surface area contributed by atoms with E-state index in [0.29, 0.717) is 4.91 Å². The number of carbonyl (C=O) groups is 1. The molecule has 0 N–H and O–H groups in total. The van der Waals surface area contributed by atoms with Gasteiger partial charge in [0.25, 0.3) is 5.91 Å². The van der Waals surface area contributed by atoms with Crippen LogP contribution in [-0.2, 0) is 4.79 Å². The van der Waals surface area contributed by atoms with E-state index >= 15 is 0 Å². The van der Waals surface area contributed by atoms with Crippen LogP contribution < -0.4 is 4.74 Å². The Bertz CT molecular complexity index is 614. The van der Waals surface area contributed by atoms with Gasteiger partial charge in [-0.1, -0.05) is 19.1 Å². The van der Waals surface area contributed by atoms with Crippen molar-refractivity contribution in [3.63, 3.8) is 0 Å². The number of nitrogens with zero attached hydrogens (tertiary/aromatic N) is 2. The van der Waals surface area contributed by atoms with Crippen molar-refractivity contribution < 1.29 is 9.53 Å². The number of amidine groups is 1. The zero-order valence-electron chi connectivity index (χ0n) is 12.9. The van der Waals surface area contributed by atoms with Crippen molar-refractivity contribution in [1.82, 2.24) is 4.90 Å². The molecule has 0 spiro atoms. The second kappa shape index (κ2) is 6.57. The van der Waals surface area contributed by atoms with E-state index in [0.717, 1.165) is 35.5 Å². The van der Waals surface area contributed by atoms with Crippen LogP contribution in [0.3, 0.4) is 0 Å². The molecule has 1 saturated heterocycles. The molecule has 1 aromatic carbocycles. The fourth-order valence-corrected chi connectivity index (χ4v) is 3.55. The van der Waals surface area contributed by atoms with Crippen molar-refractivity contribution >= 4 is 28.9 Å². The van der Waals surface area contributed by atoms with E-state index in [2.05, 4.69) is 16.8 Å². The van der Waals surface area contributed by atoms with Crippen molar-refractivity contribution in [2.75, 3.05) is 20.2 Å². The minimum Gasteiger partial charge on any atom is -0.497 e. The smallest absolute Gasteiger partial charge is 0.286 e. The molecule has 0 atom stereocenters. The average molecular weight is 316 g/mol. The second-order valence-corrected chi connectivity index (χ2v) is 6.76. The van der Waals surface area contributed by atoms with Gasteiger partial charge in [-0.15, -0.1) is 0 Å². The minimum absolute atomic E-state index is 0.130. The largest absolute Gasteiger partial charge is 0.497 e. The molecule has 22 heavy (non-hydrogen) atoms. The number of amides is 1. The summed E-state index contributed by atoms with van der Waals surface area (Å²) in [5.41, 5.74) is 0.986. The van der Waals surface area contributed by atoms with Gasteiger partial charge in [0, 0.05) is 13.1 Å². The maximum atomic E-state index is 12.1. The molecule has 3 rings (SSSR count). The molecule has 5 heteroatoms. The minimum atomic E-state index is -0.130. The third-order valence-corrected chi connectivity index (χ3v) is 5.12. The van der Waals surface area contributed by atoms with Gasteiger partial charge in [0.2, 0.25) is 0 Å². The Morgan fingerprint density at radius 2 is 1.95 bits per heavy atom. The van der Waals surface area contributed by atoms with Crippen LogP contribution in [0.1, 0.15) is 25.3 Å². The highest BCUT2D eigenvalue weighted by Crippen LogP contribution is 2.32. The van der Waals surface area contributed by atoms with Crippen LogP contribution in [0.15, 0.2) is 34.2 Å². The number of aliphatic imine (C=N–C) groups is 1. The number of hydrogen-bond donors (Lipinski definition) is 0. The lowest BCUT2D eigenvalue weighted by atomic mass is 10.00. The highest BCUT2D eigenvalue weighted by Gasteiger charge is 2.28. The second-order valence-electron chi connectivity index (χ2n) is 5.75. The highest BCUT2D eigenvalue weighted by atomic mass is 32.2. The first-order valence-corrected chi connectivity index (χ1v) is 8.39. The van der Waals surface area contributed by atoms with Gasteiger partial charge in [0.1, 0.15) is 5.75 Å². The standard InChI is InChI=1S/C17H20N2O2S/c1-12-7-9-19(10-8-12)17-18-16(20)15(22-17)11-13-3-5-14(21-2)6-4-13/h3-6,11-12H,7-10H2,1-2H3/b15-11+. The maximum absolute atomic E-state index is 12.1. The Morgan fingerprint density at radius 3 is 2.59 bits per heavy atom.